The summed E-state index contributed by atoms with van der Waals surface area (Å²) in [7, 11) is 0. The number of hydrogen-bond acceptors (Lipinski definition) is 4. The van der Waals surface area contributed by atoms with Crippen molar-refractivity contribution in [2.24, 2.45) is 0 Å². The van der Waals surface area contributed by atoms with Gasteiger partial charge in [-0.05, 0) is 60.7 Å². The first-order chi connectivity index (χ1) is 20.6. The Morgan fingerprint density at radius 1 is 0.953 bits per heavy atom. The molecule has 0 fully saturated rings. The highest BCUT2D eigenvalue weighted by atomic mass is 35.5. The quantitative estimate of drug-likeness (QED) is 0.0870. The number of nitrogens with zero attached hydrogens (tertiary/aromatic N) is 1. The fraction of sp³-hybridized carbons (Fsp3) is 0.212. The van der Waals surface area contributed by atoms with Crippen LogP contribution >= 0.6 is 11.6 Å². The molecule has 7 nitrogen and oxygen atoms in total. The first-order valence-corrected chi connectivity index (χ1v) is 13.9. The van der Waals surface area contributed by atoms with Crippen molar-refractivity contribution in [3.63, 3.8) is 0 Å². The number of aromatic nitrogens is 1. The van der Waals surface area contributed by atoms with Crippen molar-refractivity contribution in [2.75, 3.05) is 13.2 Å². The minimum absolute atomic E-state index is 0.0449. The van der Waals surface area contributed by atoms with Gasteiger partial charge in [0.2, 0.25) is 0 Å². The van der Waals surface area contributed by atoms with Crippen LogP contribution in [0.4, 0.5) is 8.78 Å². The molecule has 0 bridgehead atoms. The third kappa shape index (κ3) is 8.23. The smallest absolute Gasteiger partial charge is 0.323 e. The van der Waals surface area contributed by atoms with Crippen molar-refractivity contribution in [3.8, 4) is 11.5 Å². The highest BCUT2D eigenvalue weighted by Gasteiger charge is 2.18. The maximum atomic E-state index is 13.5. The van der Waals surface area contributed by atoms with E-state index >= 15 is 0 Å². The largest absolute Gasteiger partial charge is 0.490 e. The predicted octanol–water partition coefficient (Wildman–Crippen LogP) is 7.56. The number of carboxylic acid groups (broad SMARTS) is 2. The van der Waals surface area contributed by atoms with E-state index in [1.807, 2.05) is 61.5 Å². The summed E-state index contributed by atoms with van der Waals surface area (Å²) in [5.74, 6) is -2.92. The zero-order chi connectivity index (χ0) is 30.9. The fourth-order valence-corrected chi connectivity index (χ4v) is 4.91. The summed E-state index contributed by atoms with van der Waals surface area (Å²) >= 11 is 5.78. The van der Waals surface area contributed by atoms with Crippen LogP contribution in [0.1, 0.15) is 35.2 Å². The molecule has 4 aromatic rings. The molecule has 0 saturated carbocycles. The minimum atomic E-state index is -0.958. The molecule has 224 valence electrons. The van der Waals surface area contributed by atoms with Gasteiger partial charge in [0.25, 0.3) is 0 Å². The van der Waals surface area contributed by atoms with Gasteiger partial charge in [-0.15, -0.1) is 0 Å². The molecule has 1 aromatic heterocycles. The van der Waals surface area contributed by atoms with E-state index in [4.69, 9.17) is 26.2 Å². The van der Waals surface area contributed by atoms with E-state index in [9.17, 15) is 23.5 Å². The first kappa shape index (κ1) is 31.3. The lowest BCUT2D eigenvalue weighted by atomic mass is 10.0. The summed E-state index contributed by atoms with van der Waals surface area (Å²) in [6.45, 7) is 1.98. The summed E-state index contributed by atoms with van der Waals surface area (Å²) in [6, 6.07) is 14.9. The molecule has 1 heterocycles. The van der Waals surface area contributed by atoms with Crippen LogP contribution in [0.3, 0.4) is 0 Å². The van der Waals surface area contributed by atoms with E-state index in [1.54, 1.807) is 16.7 Å². The van der Waals surface area contributed by atoms with Crippen LogP contribution in [0.15, 0.2) is 66.7 Å². The van der Waals surface area contributed by atoms with Crippen molar-refractivity contribution in [2.45, 2.75) is 32.7 Å². The Hall–Kier alpha value is -4.63. The maximum Gasteiger partial charge on any atom is 0.323 e. The van der Waals surface area contributed by atoms with Crippen molar-refractivity contribution >= 4 is 46.6 Å². The van der Waals surface area contributed by atoms with Gasteiger partial charge in [0.05, 0.1) is 5.52 Å². The molecule has 2 N–H and O–H groups in total. The molecule has 0 aliphatic rings. The SMILES string of the molecule is Cc1c(CCCC(=O)O)c2cccc(C=Cc3ccc(OCC=CCOc4cc(F)cc(F)c4Cl)cc3)c2n1CC(=O)O. The Morgan fingerprint density at radius 3 is 2.37 bits per heavy atom. The Labute approximate surface area is 252 Å². The Balaban J connectivity index is 1.40. The number of aliphatic carboxylic acids is 2. The van der Waals surface area contributed by atoms with Crippen molar-refractivity contribution in [1.29, 1.82) is 0 Å². The molecular formula is C33H30ClF2NO6. The highest BCUT2D eigenvalue weighted by molar-refractivity contribution is 6.32. The molecule has 0 aliphatic carbocycles. The summed E-state index contributed by atoms with van der Waals surface area (Å²) in [6.07, 6.45) is 8.26. The van der Waals surface area contributed by atoms with Crippen molar-refractivity contribution in [3.05, 3.63) is 106 Å². The lowest BCUT2D eigenvalue weighted by molar-refractivity contribution is -0.138. The number of aryl methyl sites for hydroxylation is 1. The van der Waals surface area contributed by atoms with E-state index in [-0.39, 0.29) is 37.0 Å². The lowest BCUT2D eigenvalue weighted by Gasteiger charge is -2.08. The summed E-state index contributed by atoms with van der Waals surface area (Å²) < 4.78 is 39.6. The number of rotatable bonds is 14. The molecule has 0 unspecified atom stereocenters. The fourth-order valence-electron chi connectivity index (χ4n) is 4.75. The van der Waals surface area contributed by atoms with Crippen LogP contribution in [0, 0.1) is 18.6 Å². The Kier molecular flexibility index (Phi) is 10.6. The number of ether oxygens (including phenoxy) is 2. The molecule has 0 spiro atoms. The van der Waals surface area contributed by atoms with E-state index in [1.165, 1.54) is 0 Å². The molecule has 10 heteroatoms. The summed E-state index contributed by atoms with van der Waals surface area (Å²) in [5, 5.41) is 19.2. The van der Waals surface area contributed by atoms with Crippen LogP contribution < -0.4 is 9.47 Å². The standard InChI is InChI=1S/C33H30ClF2NO6/c1-21-26(7-5-9-30(38)39)27-8-4-6-23(33(27)37(21)20-31(40)41)13-10-22-11-14-25(15-12-22)42-16-2-3-17-43-29-19-24(35)18-28(36)32(29)34/h2-4,6,8,10-15,18-19H,5,7,9,16-17,20H2,1H3,(H,38,39)(H,40,41). The van der Waals surface area contributed by atoms with Gasteiger partial charge in [0, 0.05) is 29.6 Å². The second kappa shape index (κ2) is 14.5. The molecular weight excluding hydrogens is 580 g/mol. The third-order valence-electron chi connectivity index (χ3n) is 6.76. The van der Waals surface area contributed by atoms with Crippen LogP contribution in [-0.2, 0) is 22.6 Å². The Morgan fingerprint density at radius 2 is 1.67 bits per heavy atom. The first-order valence-electron chi connectivity index (χ1n) is 13.5. The number of hydrogen-bond donors (Lipinski definition) is 2. The van der Waals surface area contributed by atoms with E-state index < -0.39 is 23.6 Å². The van der Waals surface area contributed by atoms with Gasteiger partial charge in [-0.1, -0.05) is 54.1 Å². The number of para-hydroxylation sites is 1. The van der Waals surface area contributed by atoms with Gasteiger partial charge in [0.15, 0.2) is 0 Å². The van der Waals surface area contributed by atoms with E-state index in [0.29, 0.717) is 24.7 Å². The zero-order valence-electron chi connectivity index (χ0n) is 23.4. The monoisotopic (exact) mass is 609 g/mol. The maximum absolute atomic E-state index is 13.5. The third-order valence-corrected chi connectivity index (χ3v) is 7.12. The Bertz CT molecular complexity index is 1680. The van der Waals surface area contributed by atoms with Crippen molar-refractivity contribution in [1.82, 2.24) is 4.57 Å². The van der Waals surface area contributed by atoms with Gasteiger partial charge < -0.3 is 24.3 Å². The average Bonchev–Trinajstić information content (AvgIpc) is 3.22. The number of fused-ring (bicyclic) bond motifs is 1. The molecule has 43 heavy (non-hydrogen) atoms. The predicted molar refractivity (Wildman–Crippen MR) is 162 cm³/mol. The molecule has 0 saturated heterocycles. The molecule has 0 amide bonds. The second-order valence-corrected chi connectivity index (χ2v) is 10.1. The van der Waals surface area contributed by atoms with E-state index in [2.05, 4.69) is 0 Å². The number of carboxylic acids is 2. The zero-order valence-corrected chi connectivity index (χ0v) is 24.1. The molecule has 0 atom stereocenters. The molecule has 0 radical (unpaired) electrons. The summed E-state index contributed by atoms with van der Waals surface area (Å²) in [5.41, 5.74) is 4.33. The normalized spacial score (nSPS) is 11.5. The second-order valence-electron chi connectivity index (χ2n) is 9.73. The van der Waals surface area contributed by atoms with Crippen LogP contribution in [-0.4, -0.2) is 39.9 Å². The van der Waals surface area contributed by atoms with Gasteiger partial charge in [-0.3, -0.25) is 9.59 Å². The minimum Gasteiger partial charge on any atom is -0.490 e. The van der Waals surface area contributed by atoms with Crippen molar-refractivity contribution < 1.29 is 38.1 Å². The number of benzene rings is 3. The van der Waals surface area contributed by atoms with Crippen LogP contribution in [0.2, 0.25) is 5.02 Å². The molecule has 0 aliphatic heterocycles. The van der Waals surface area contributed by atoms with Gasteiger partial charge >= 0.3 is 11.9 Å². The van der Waals surface area contributed by atoms with Gasteiger partial charge in [0.1, 0.15) is 47.9 Å². The number of halogens is 3. The number of carbonyl (C=O) groups is 2. The molecule has 4 rings (SSSR count). The lowest BCUT2D eigenvalue weighted by Crippen LogP contribution is -2.10. The topological polar surface area (TPSA) is 98.0 Å². The van der Waals surface area contributed by atoms with Gasteiger partial charge in [-0.25, -0.2) is 8.78 Å². The van der Waals surface area contributed by atoms with E-state index in [0.717, 1.165) is 39.4 Å². The highest BCUT2D eigenvalue weighted by Crippen LogP contribution is 2.31. The average molecular weight is 610 g/mol. The van der Waals surface area contributed by atoms with Crippen LogP contribution in [0.5, 0.6) is 11.5 Å². The summed E-state index contributed by atoms with van der Waals surface area (Å²) in [4.78, 5) is 22.7. The van der Waals surface area contributed by atoms with Crippen LogP contribution in [0.25, 0.3) is 23.1 Å². The van der Waals surface area contributed by atoms with Gasteiger partial charge in [-0.2, -0.15) is 0 Å². The molecule has 3 aromatic carbocycles.